The molecule has 28 heavy (non-hydrogen) atoms. The minimum Gasteiger partial charge on any atom is -0.300 e. The summed E-state index contributed by atoms with van der Waals surface area (Å²) >= 11 is 0. The zero-order valence-corrected chi connectivity index (χ0v) is 15.9. The van der Waals surface area contributed by atoms with Crippen LogP contribution in [0, 0.1) is 6.92 Å². The fraction of sp³-hybridized carbons (Fsp3) is 0.261. The molecule has 0 aromatic carbocycles. The van der Waals surface area contributed by atoms with Gasteiger partial charge in [0, 0.05) is 18.6 Å². The van der Waals surface area contributed by atoms with Crippen molar-refractivity contribution >= 4 is 5.65 Å². The lowest BCUT2D eigenvalue weighted by Gasteiger charge is -2.30. The Hall–Kier alpha value is -3.05. The summed E-state index contributed by atoms with van der Waals surface area (Å²) < 4.78 is 2.15. The summed E-state index contributed by atoms with van der Waals surface area (Å²) in [6.07, 6.45) is 9.24. The number of pyridine rings is 3. The lowest BCUT2D eigenvalue weighted by atomic mass is 9.93. The molecule has 0 aliphatic carbocycles. The van der Waals surface area contributed by atoms with Gasteiger partial charge in [0.15, 0.2) is 0 Å². The van der Waals surface area contributed by atoms with E-state index in [9.17, 15) is 0 Å². The monoisotopic (exact) mass is 369 g/mol. The van der Waals surface area contributed by atoms with E-state index in [1.54, 1.807) is 0 Å². The maximum Gasteiger partial charge on any atom is 0.137 e. The molecule has 1 aliphatic heterocycles. The number of fused-ring (bicyclic) bond motifs is 1. The molecule has 1 saturated heterocycles. The predicted molar refractivity (Wildman–Crippen MR) is 110 cm³/mol. The van der Waals surface area contributed by atoms with Crippen molar-refractivity contribution in [2.75, 3.05) is 0 Å². The first-order valence-corrected chi connectivity index (χ1v) is 9.86. The summed E-state index contributed by atoms with van der Waals surface area (Å²) in [5.74, 6) is 0. The van der Waals surface area contributed by atoms with Crippen molar-refractivity contribution in [3.63, 3.8) is 0 Å². The molecule has 4 aromatic rings. The topological polar surface area (TPSA) is 55.1 Å². The minimum absolute atomic E-state index is 0.233. The largest absolute Gasteiger partial charge is 0.300 e. The predicted octanol–water partition coefficient (Wildman–Crippen LogP) is 4.66. The Bertz CT molecular complexity index is 1100. The van der Waals surface area contributed by atoms with E-state index in [1.807, 2.05) is 42.7 Å². The van der Waals surface area contributed by atoms with Gasteiger partial charge in [0.25, 0.3) is 0 Å². The average Bonchev–Trinajstić information content (AvgIpc) is 3.19. The Morgan fingerprint density at radius 1 is 0.929 bits per heavy atom. The molecule has 0 amide bonds. The second kappa shape index (κ2) is 7.17. The van der Waals surface area contributed by atoms with Gasteiger partial charge in [-0.25, -0.2) is 4.98 Å². The molecule has 0 unspecified atom stereocenters. The van der Waals surface area contributed by atoms with Crippen molar-refractivity contribution < 1.29 is 0 Å². The number of aromatic nitrogens is 4. The lowest BCUT2D eigenvalue weighted by Crippen LogP contribution is -2.32. The van der Waals surface area contributed by atoms with Crippen LogP contribution >= 0.6 is 0 Å². The Labute approximate surface area is 164 Å². The second-order valence-corrected chi connectivity index (χ2v) is 7.43. The molecule has 0 spiro atoms. The highest BCUT2D eigenvalue weighted by Crippen LogP contribution is 2.33. The minimum atomic E-state index is 0.233. The summed E-state index contributed by atoms with van der Waals surface area (Å²) in [5, 5.41) is 3.79. The van der Waals surface area contributed by atoms with E-state index < -0.39 is 0 Å². The molecule has 0 radical (unpaired) electrons. The van der Waals surface area contributed by atoms with Crippen LogP contribution in [0.1, 0.15) is 48.3 Å². The van der Waals surface area contributed by atoms with Gasteiger partial charge in [-0.05, 0) is 62.1 Å². The number of hydrogen-bond acceptors (Lipinski definition) is 4. The van der Waals surface area contributed by atoms with Gasteiger partial charge in [-0.3, -0.25) is 14.4 Å². The summed E-state index contributed by atoms with van der Waals surface area (Å²) in [7, 11) is 0. The number of piperidine rings is 1. The molecule has 1 N–H and O–H groups in total. The number of rotatable bonds is 3. The van der Waals surface area contributed by atoms with Gasteiger partial charge in [-0.1, -0.05) is 18.2 Å². The van der Waals surface area contributed by atoms with Crippen LogP contribution in [0.5, 0.6) is 0 Å². The van der Waals surface area contributed by atoms with Crippen LogP contribution in [-0.2, 0) is 0 Å². The van der Waals surface area contributed by atoms with Crippen molar-refractivity contribution in [1.82, 2.24) is 24.7 Å². The van der Waals surface area contributed by atoms with Gasteiger partial charge in [-0.15, -0.1) is 0 Å². The number of aryl methyl sites for hydroxylation is 1. The molecular formula is C23H23N5. The number of nitrogens with zero attached hydrogens (tertiary/aromatic N) is 4. The van der Waals surface area contributed by atoms with Crippen LogP contribution in [0.4, 0.5) is 0 Å². The van der Waals surface area contributed by atoms with E-state index in [0.717, 1.165) is 41.3 Å². The molecule has 4 aromatic heterocycles. The van der Waals surface area contributed by atoms with E-state index in [0.29, 0.717) is 0 Å². The fourth-order valence-electron chi connectivity index (χ4n) is 4.17. The van der Waals surface area contributed by atoms with Crippen LogP contribution in [0.2, 0.25) is 0 Å². The van der Waals surface area contributed by atoms with Gasteiger partial charge in [-0.2, -0.15) is 0 Å². The molecule has 5 heterocycles. The molecule has 1 fully saturated rings. The SMILES string of the molecule is Cc1cccnc1[C@@H]1CCC[C@H](c2cn3c(-c4ccccn4)cccc3n2)N1. The third kappa shape index (κ3) is 3.08. The van der Waals surface area contributed by atoms with Gasteiger partial charge in [0.2, 0.25) is 0 Å². The highest BCUT2D eigenvalue weighted by molar-refractivity contribution is 5.60. The normalized spacial score (nSPS) is 19.8. The third-order valence-electron chi connectivity index (χ3n) is 5.56. The first kappa shape index (κ1) is 17.1. The van der Waals surface area contributed by atoms with Gasteiger partial charge in [0.05, 0.1) is 34.9 Å². The highest BCUT2D eigenvalue weighted by Gasteiger charge is 2.27. The van der Waals surface area contributed by atoms with E-state index in [4.69, 9.17) is 4.98 Å². The maximum atomic E-state index is 4.93. The summed E-state index contributed by atoms with van der Waals surface area (Å²) in [4.78, 5) is 14.1. The van der Waals surface area contributed by atoms with Crippen molar-refractivity contribution in [1.29, 1.82) is 0 Å². The number of nitrogens with one attached hydrogen (secondary N) is 1. The van der Waals surface area contributed by atoms with Gasteiger partial charge < -0.3 is 5.32 Å². The Balaban J connectivity index is 1.49. The van der Waals surface area contributed by atoms with Crippen LogP contribution in [0.25, 0.3) is 17.0 Å². The van der Waals surface area contributed by atoms with Gasteiger partial charge >= 0.3 is 0 Å². The lowest BCUT2D eigenvalue weighted by molar-refractivity contribution is 0.321. The van der Waals surface area contributed by atoms with E-state index in [1.165, 1.54) is 12.0 Å². The summed E-state index contributed by atoms with van der Waals surface area (Å²) in [6.45, 7) is 2.14. The molecule has 5 heteroatoms. The quantitative estimate of drug-likeness (QED) is 0.571. The van der Waals surface area contributed by atoms with Crippen LogP contribution in [0.3, 0.4) is 0 Å². The van der Waals surface area contributed by atoms with Crippen LogP contribution < -0.4 is 5.32 Å². The van der Waals surface area contributed by atoms with Crippen molar-refractivity contribution in [2.24, 2.45) is 0 Å². The van der Waals surface area contributed by atoms with Crippen LogP contribution in [0.15, 0.2) is 67.1 Å². The molecule has 0 saturated carbocycles. The molecule has 5 rings (SSSR count). The first-order valence-electron chi connectivity index (χ1n) is 9.86. The second-order valence-electron chi connectivity index (χ2n) is 7.43. The molecular weight excluding hydrogens is 346 g/mol. The number of imidazole rings is 1. The summed E-state index contributed by atoms with van der Waals surface area (Å²) in [6, 6.07) is 16.8. The van der Waals surface area contributed by atoms with Crippen molar-refractivity contribution in [3.8, 4) is 11.4 Å². The maximum absolute atomic E-state index is 4.93. The Kier molecular flexibility index (Phi) is 4.37. The Morgan fingerprint density at radius 2 is 1.82 bits per heavy atom. The molecule has 5 nitrogen and oxygen atoms in total. The van der Waals surface area contributed by atoms with Crippen molar-refractivity contribution in [2.45, 2.75) is 38.3 Å². The van der Waals surface area contributed by atoms with Crippen molar-refractivity contribution in [3.05, 3.63) is 84.1 Å². The highest BCUT2D eigenvalue weighted by atomic mass is 15.1. The smallest absolute Gasteiger partial charge is 0.137 e. The molecule has 0 bridgehead atoms. The van der Waals surface area contributed by atoms with Gasteiger partial charge in [0.1, 0.15) is 5.65 Å². The third-order valence-corrected chi connectivity index (χ3v) is 5.56. The average molecular weight is 369 g/mol. The van der Waals surface area contributed by atoms with Crippen LogP contribution in [-0.4, -0.2) is 19.4 Å². The first-order chi connectivity index (χ1) is 13.8. The van der Waals surface area contributed by atoms with E-state index in [-0.39, 0.29) is 12.1 Å². The zero-order chi connectivity index (χ0) is 18.9. The molecule has 1 aliphatic rings. The van der Waals surface area contributed by atoms with E-state index >= 15 is 0 Å². The summed E-state index contributed by atoms with van der Waals surface area (Å²) in [5.41, 5.74) is 6.46. The molecule has 140 valence electrons. The molecule has 2 atom stereocenters. The zero-order valence-electron chi connectivity index (χ0n) is 15.9. The van der Waals surface area contributed by atoms with E-state index in [2.05, 4.69) is 51.0 Å². The standard InChI is InChI=1S/C23H23N5/c1-16-7-6-14-25-23(16)19-10-4-9-17(26-19)20-15-28-21(11-5-12-22(28)27-20)18-8-2-3-13-24-18/h2-3,5-8,11-15,17,19,26H,4,9-10H2,1H3/t17-,19+/m1/s1. The Morgan fingerprint density at radius 3 is 2.68 bits per heavy atom. The number of hydrogen-bond donors (Lipinski definition) is 1. The fourth-order valence-corrected chi connectivity index (χ4v) is 4.17.